The molecule has 1 aliphatic heterocycles. The molecule has 1 N–H and O–H groups in total. The lowest BCUT2D eigenvalue weighted by molar-refractivity contribution is 0.202. The Labute approximate surface area is 179 Å². The molecule has 5 nitrogen and oxygen atoms in total. The highest BCUT2D eigenvalue weighted by atomic mass is 32.2. The standard InChI is InChI=1S/C24H30N2O3S/c1-17(2)26-16-24(25-30(26,27)28)21-9-10-22(24)13-20-14-23(11-8-19(20)12-21)29-15-18-6-4-3-5-7-18/h3-8,11,14,17,21-22,25H,9-10,12-13,15-16H2,1-2H3/t21-,22+,24+/m0/s1. The zero-order chi connectivity index (χ0) is 20.9. The Morgan fingerprint density at radius 1 is 1.07 bits per heavy atom. The van der Waals surface area contributed by atoms with E-state index >= 15 is 0 Å². The molecule has 2 bridgehead atoms. The molecule has 0 unspecified atom stereocenters. The number of fused-ring (bicyclic) bond motifs is 1. The summed E-state index contributed by atoms with van der Waals surface area (Å²) in [5, 5.41) is 0. The molecule has 30 heavy (non-hydrogen) atoms. The average Bonchev–Trinajstić information content (AvgIpc) is 3.13. The maximum absolute atomic E-state index is 12.8. The molecule has 2 fully saturated rings. The van der Waals surface area contributed by atoms with Crippen LogP contribution in [0.3, 0.4) is 0 Å². The van der Waals surface area contributed by atoms with E-state index in [0.29, 0.717) is 25.0 Å². The molecule has 0 radical (unpaired) electrons. The first-order valence-electron chi connectivity index (χ1n) is 11.0. The largest absolute Gasteiger partial charge is 0.489 e. The van der Waals surface area contributed by atoms with Crippen LogP contribution in [0.15, 0.2) is 48.5 Å². The first kappa shape index (κ1) is 20.0. The number of nitrogens with zero attached hydrogens (tertiary/aromatic N) is 1. The highest BCUT2D eigenvalue weighted by Gasteiger charge is 2.59. The third-order valence-corrected chi connectivity index (χ3v) is 9.11. The minimum absolute atomic E-state index is 0.0232. The summed E-state index contributed by atoms with van der Waals surface area (Å²) < 4.78 is 36.6. The minimum Gasteiger partial charge on any atom is -0.489 e. The van der Waals surface area contributed by atoms with Crippen LogP contribution >= 0.6 is 0 Å². The molecule has 2 aromatic rings. The molecule has 3 aliphatic rings. The van der Waals surface area contributed by atoms with Gasteiger partial charge in [0.15, 0.2) is 0 Å². The first-order valence-corrected chi connectivity index (χ1v) is 12.4. The molecular formula is C24H30N2O3S. The van der Waals surface area contributed by atoms with Crippen LogP contribution < -0.4 is 9.46 Å². The number of hydrogen-bond acceptors (Lipinski definition) is 3. The van der Waals surface area contributed by atoms with Crippen LogP contribution in [-0.2, 0) is 29.7 Å². The summed E-state index contributed by atoms with van der Waals surface area (Å²) in [6, 6.07) is 16.6. The van der Waals surface area contributed by atoms with Gasteiger partial charge in [0.1, 0.15) is 12.4 Å². The second-order valence-electron chi connectivity index (χ2n) is 9.37. The number of ether oxygens (including phenoxy) is 1. The summed E-state index contributed by atoms with van der Waals surface area (Å²) in [6.07, 6.45) is 4.00. The lowest BCUT2D eigenvalue weighted by Gasteiger charge is -2.34. The summed E-state index contributed by atoms with van der Waals surface area (Å²) in [7, 11) is -3.41. The Hall–Kier alpha value is -1.89. The van der Waals surface area contributed by atoms with Crippen molar-refractivity contribution in [2.45, 2.75) is 57.7 Å². The van der Waals surface area contributed by atoms with E-state index in [9.17, 15) is 8.42 Å². The zero-order valence-electron chi connectivity index (χ0n) is 17.7. The molecule has 1 saturated heterocycles. The Kier molecular flexibility index (Phi) is 4.92. The van der Waals surface area contributed by atoms with Crippen LogP contribution in [0.1, 0.15) is 43.4 Å². The van der Waals surface area contributed by atoms with Gasteiger partial charge in [0.25, 0.3) is 10.2 Å². The van der Waals surface area contributed by atoms with Gasteiger partial charge in [-0.1, -0.05) is 36.4 Å². The molecular weight excluding hydrogens is 396 g/mol. The lowest BCUT2D eigenvalue weighted by Crippen LogP contribution is -2.52. The Bertz CT molecular complexity index is 1040. The van der Waals surface area contributed by atoms with Crippen molar-refractivity contribution < 1.29 is 13.2 Å². The van der Waals surface area contributed by atoms with Gasteiger partial charge in [0.05, 0.1) is 5.54 Å². The van der Waals surface area contributed by atoms with Gasteiger partial charge in [0.2, 0.25) is 0 Å². The quantitative estimate of drug-likeness (QED) is 0.811. The van der Waals surface area contributed by atoms with Crippen molar-refractivity contribution in [2.24, 2.45) is 11.8 Å². The van der Waals surface area contributed by atoms with Crippen LogP contribution in [0.2, 0.25) is 0 Å². The highest BCUT2D eigenvalue weighted by Crippen LogP contribution is 2.50. The summed E-state index contributed by atoms with van der Waals surface area (Å²) >= 11 is 0. The molecule has 160 valence electrons. The van der Waals surface area contributed by atoms with E-state index in [2.05, 4.69) is 35.1 Å². The van der Waals surface area contributed by atoms with E-state index in [-0.39, 0.29) is 11.6 Å². The van der Waals surface area contributed by atoms with Gasteiger partial charge in [0, 0.05) is 12.6 Å². The summed E-state index contributed by atoms with van der Waals surface area (Å²) in [4.78, 5) is 0. The van der Waals surface area contributed by atoms with E-state index in [1.54, 1.807) is 4.31 Å². The van der Waals surface area contributed by atoms with Crippen molar-refractivity contribution in [3.63, 3.8) is 0 Å². The van der Waals surface area contributed by atoms with Crippen molar-refractivity contribution >= 4 is 10.2 Å². The second-order valence-corrected chi connectivity index (χ2v) is 11.0. The number of benzene rings is 2. The fourth-order valence-electron chi connectivity index (χ4n) is 5.73. The first-order chi connectivity index (χ1) is 14.4. The molecule has 2 aliphatic carbocycles. The molecule has 3 atom stereocenters. The Morgan fingerprint density at radius 3 is 2.43 bits per heavy atom. The smallest absolute Gasteiger partial charge is 0.280 e. The maximum Gasteiger partial charge on any atom is 0.280 e. The van der Waals surface area contributed by atoms with Gasteiger partial charge in [-0.25, -0.2) is 0 Å². The lowest BCUT2D eigenvalue weighted by atomic mass is 9.79. The van der Waals surface area contributed by atoms with E-state index in [1.807, 2.05) is 32.0 Å². The molecule has 6 heteroatoms. The van der Waals surface area contributed by atoms with Crippen molar-refractivity contribution in [2.75, 3.05) is 6.54 Å². The maximum atomic E-state index is 12.8. The minimum atomic E-state index is -3.41. The van der Waals surface area contributed by atoms with E-state index in [0.717, 1.165) is 37.0 Å². The predicted octanol–water partition coefficient (Wildman–Crippen LogP) is 3.69. The van der Waals surface area contributed by atoms with E-state index in [1.165, 1.54) is 11.1 Å². The van der Waals surface area contributed by atoms with Gasteiger partial charge >= 0.3 is 0 Å². The van der Waals surface area contributed by atoms with Crippen molar-refractivity contribution in [3.8, 4) is 5.75 Å². The van der Waals surface area contributed by atoms with Crippen LogP contribution in [0, 0.1) is 11.8 Å². The summed E-state index contributed by atoms with van der Waals surface area (Å²) in [5.74, 6) is 1.56. The second kappa shape index (κ2) is 7.36. The normalized spacial score (nSPS) is 29.8. The molecule has 5 rings (SSSR count). The van der Waals surface area contributed by atoms with Crippen LogP contribution in [-0.4, -0.2) is 30.8 Å². The van der Waals surface area contributed by atoms with Crippen LogP contribution in [0.5, 0.6) is 5.75 Å². The summed E-state index contributed by atoms with van der Waals surface area (Å²) in [5.41, 5.74) is 3.47. The monoisotopic (exact) mass is 426 g/mol. The number of hydrogen-bond donors (Lipinski definition) is 1. The highest BCUT2D eigenvalue weighted by molar-refractivity contribution is 7.87. The molecule has 2 aromatic carbocycles. The SMILES string of the molecule is CC(C)N1C[C@]2(NS1(=O)=O)[C@@H]1CC[C@H]2Cc2ccc(OCc3ccccc3)cc2C1. The Morgan fingerprint density at radius 2 is 1.77 bits per heavy atom. The van der Waals surface area contributed by atoms with Gasteiger partial charge in [-0.2, -0.15) is 17.4 Å². The fourth-order valence-corrected chi connectivity index (χ4v) is 7.67. The van der Waals surface area contributed by atoms with Crippen molar-refractivity contribution in [1.29, 1.82) is 0 Å². The fraction of sp³-hybridized carbons (Fsp3) is 0.500. The molecule has 0 amide bonds. The van der Waals surface area contributed by atoms with Crippen LogP contribution in [0.4, 0.5) is 0 Å². The number of nitrogens with one attached hydrogen (secondary N) is 1. The third-order valence-electron chi connectivity index (χ3n) is 7.30. The van der Waals surface area contributed by atoms with Crippen LogP contribution in [0.25, 0.3) is 0 Å². The van der Waals surface area contributed by atoms with Gasteiger partial charge < -0.3 is 4.74 Å². The van der Waals surface area contributed by atoms with Crippen molar-refractivity contribution in [3.05, 3.63) is 65.2 Å². The average molecular weight is 427 g/mol. The predicted molar refractivity (Wildman–Crippen MR) is 117 cm³/mol. The van der Waals surface area contributed by atoms with Gasteiger partial charge in [-0.15, -0.1) is 0 Å². The summed E-state index contributed by atoms with van der Waals surface area (Å²) in [6.45, 7) is 5.07. The zero-order valence-corrected chi connectivity index (χ0v) is 18.5. The van der Waals surface area contributed by atoms with Crippen molar-refractivity contribution in [1.82, 2.24) is 9.03 Å². The van der Waals surface area contributed by atoms with E-state index in [4.69, 9.17) is 4.74 Å². The van der Waals surface area contributed by atoms with Gasteiger partial charge in [-0.05, 0) is 80.2 Å². The molecule has 1 spiro atoms. The number of rotatable bonds is 4. The topological polar surface area (TPSA) is 58.6 Å². The van der Waals surface area contributed by atoms with E-state index < -0.39 is 10.2 Å². The molecule has 1 heterocycles. The molecule has 1 saturated carbocycles. The van der Waals surface area contributed by atoms with Gasteiger partial charge in [-0.3, -0.25) is 0 Å². The third kappa shape index (κ3) is 3.35. The Balaban J connectivity index is 1.39. The molecule has 0 aromatic heterocycles.